The second kappa shape index (κ2) is 10.2. The van der Waals surface area contributed by atoms with E-state index in [1.165, 1.54) is 59.9 Å². The summed E-state index contributed by atoms with van der Waals surface area (Å²) >= 11 is 0. The number of hydrogen-bond acceptors (Lipinski definition) is 7. The minimum Gasteiger partial charge on any atom is -0.452 e. The van der Waals surface area contributed by atoms with Gasteiger partial charge in [-0.05, 0) is 49.7 Å². The average Bonchev–Trinajstić information content (AvgIpc) is 2.75. The van der Waals surface area contributed by atoms with Gasteiger partial charge in [-0.2, -0.15) is 4.31 Å². The van der Waals surface area contributed by atoms with E-state index in [4.69, 9.17) is 9.88 Å². The van der Waals surface area contributed by atoms with Crippen molar-refractivity contribution in [2.45, 2.75) is 36.2 Å². The Labute approximate surface area is 187 Å². The van der Waals surface area contributed by atoms with Gasteiger partial charge in [0, 0.05) is 19.6 Å². The lowest BCUT2D eigenvalue weighted by atomic mass is 10.2. The van der Waals surface area contributed by atoms with Crippen LogP contribution in [0.4, 0.5) is 0 Å². The third kappa shape index (κ3) is 6.60. The van der Waals surface area contributed by atoms with Crippen molar-refractivity contribution in [1.29, 1.82) is 0 Å². The molecule has 2 aromatic carbocycles. The summed E-state index contributed by atoms with van der Waals surface area (Å²) in [6.07, 6.45) is 0. The first-order valence-electron chi connectivity index (χ1n) is 9.46. The number of benzene rings is 2. The molecule has 0 saturated carbocycles. The normalized spacial score (nSPS) is 12.1. The number of hydrogen-bond donors (Lipinski definition) is 2. The molecule has 0 radical (unpaired) electrons. The summed E-state index contributed by atoms with van der Waals surface area (Å²) in [7, 11) is -6.14. The first-order chi connectivity index (χ1) is 14.8. The number of carbonyl (C=O) groups is 2. The van der Waals surface area contributed by atoms with Crippen molar-refractivity contribution in [2.75, 3.05) is 13.7 Å². The number of nitrogens with two attached hydrogens (primary N) is 1. The second-order valence-electron chi connectivity index (χ2n) is 7.18. The largest absolute Gasteiger partial charge is 0.452 e. The third-order valence-corrected chi connectivity index (χ3v) is 7.51. The number of nitrogens with zero attached hydrogens (tertiary/aromatic N) is 1. The topological polar surface area (TPSA) is 153 Å². The van der Waals surface area contributed by atoms with Crippen LogP contribution in [0.2, 0.25) is 0 Å². The van der Waals surface area contributed by atoms with E-state index in [1.807, 2.05) is 0 Å². The minimum atomic E-state index is -3.80. The van der Waals surface area contributed by atoms with Crippen molar-refractivity contribution in [1.82, 2.24) is 9.62 Å². The standard InChI is InChI=1S/C20H25N3O7S2/c1-14(2)23(3)32(28,29)18-6-4-5-16(11-18)20(25)30-13-19(24)22-12-15-7-9-17(10-8-15)31(21,26)27/h4-11,14H,12-13H2,1-3H3,(H,22,24)(H2,21,26,27). The lowest BCUT2D eigenvalue weighted by Crippen LogP contribution is -2.33. The van der Waals surface area contributed by atoms with E-state index in [-0.39, 0.29) is 27.9 Å². The van der Waals surface area contributed by atoms with Gasteiger partial charge in [0.25, 0.3) is 5.91 Å². The number of carbonyl (C=O) groups excluding carboxylic acids is 2. The molecule has 2 aromatic rings. The fraction of sp³-hybridized carbons (Fsp3) is 0.300. The van der Waals surface area contributed by atoms with E-state index in [2.05, 4.69) is 5.32 Å². The van der Waals surface area contributed by atoms with Crippen molar-refractivity contribution < 1.29 is 31.2 Å². The Bertz CT molecular complexity index is 1190. The van der Waals surface area contributed by atoms with Gasteiger partial charge in [-0.3, -0.25) is 4.79 Å². The maximum Gasteiger partial charge on any atom is 0.338 e. The molecule has 3 N–H and O–H groups in total. The van der Waals surface area contributed by atoms with Crippen molar-refractivity contribution in [3.05, 3.63) is 59.7 Å². The Kier molecular flexibility index (Phi) is 8.13. The van der Waals surface area contributed by atoms with E-state index >= 15 is 0 Å². The molecule has 0 heterocycles. The van der Waals surface area contributed by atoms with Crippen LogP contribution in [0.5, 0.6) is 0 Å². The molecule has 174 valence electrons. The molecule has 0 spiro atoms. The molecule has 0 aliphatic rings. The fourth-order valence-electron chi connectivity index (χ4n) is 2.49. The zero-order chi connectivity index (χ0) is 24.1. The van der Waals surface area contributed by atoms with Crippen LogP contribution in [0, 0.1) is 0 Å². The number of esters is 1. The van der Waals surface area contributed by atoms with Crippen LogP contribution < -0.4 is 10.5 Å². The second-order valence-corrected chi connectivity index (χ2v) is 10.7. The van der Waals surface area contributed by atoms with Gasteiger partial charge in [0.15, 0.2) is 6.61 Å². The van der Waals surface area contributed by atoms with Gasteiger partial charge in [-0.1, -0.05) is 18.2 Å². The van der Waals surface area contributed by atoms with Gasteiger partial charge >= 0.3 is 5.97 Å². The Morgan fingerprint density at radius 1 is 1.03 bits per heavy atom. The molecule has 0 bridgehead atoms. The number of rotatable bonds is 9. The van der Waals surface area contributed by atoms with Crippen LogP contribution in [0.15, 0.2) is 58.3 Å². The predicted molar refractivity (Wildman–Crippen MR) is 116 cm³/mol. The SMILES string of the molecule is CC(C)N(C)S(=O)(=O)c1cccc(C(=O)OCC(=O)NCc2ccc(S(N)(=O)=O)cc2)c1. The minimum absolute atomic E-state index is 0.00499. The molecule has 0 aliphatic heterocycles. The summed E-state index contributed by atoms with van der Waals surface area (Å²) in [5.74, 6) is -1.43. The maximum absolute atomic E-state index is 12.6. The van der Waals surface area contributed by atoms with Crippen molar-refractivity contribution >= 4 is 31.9 Å². The quantitative estimate of drug-likeness (QED) is 0.501. The van der Waals surface area contributed by atoms with Gasteiger partial charge in [-0.25, -0.2) is 26.8 Å². The molecule has 0 fully saturated rings. The highest BCUT2D eigenvalue weighted by Crippen LogP contribution is 2.18. The van der Waals surface area contributed by atoms with Gasteiger partial charge in [0.1, 0.15) is 0 Å². The zero-order valence-corrected chi connectivity index (χ0v) is 19.4. The van der Waals surface area contributed by atoms with Crippen LogP contribution in [-0.4, -0.2) is 52.7 Å². The van der Waals surface area contributed by atoms with Crippen LogP contribution in [0.25, 0.3) is 0 Å². The summed E-state index contributed by atoms with van der Waals surface area (Å²) in [4.78, 5) is 24.1. The smallest absolute Gasteiger partial charge is 0.338 e. The van der Waals surface area contributed by atoms with Crippen molar-refractivity contribution in [2.24, 2.45) is 5.14 Å². The molecule has 0 saturated heterocycles. The lowest BCUT2D eigenvalue weighted by molar-refractivity contribution is -0.124. The van der Waals surface area contributed by atoms with Gasteiger partial charge in [-0.15, -0.1) is 0 Å². The third-order valence-electron chi connectivity index (χ3n) is 4.55. The molecule has 0 aromatic heterocycles. The van der Waals surface area contributed by atoms with Gasteiger partial charge in [0.2, 0.25) is 20.0 Å². The summed E-state index contributed by atoms with van der Waals surface area (Å²) in [5.41, 5.74) is 0.610. The molecule has 10 nitrogen and oxygen atoms in total. The lowest BCUT2D eigenvalue weighted by Gasteiger charge is -2.21. The van der Waals surface area contributed by atoms with E-state index < -0.39 is 38.5 Å². The Balaban J connectivity index is 1.94. The Morgan fingerprint density at radius 3 is 2.22 bits per heavy atom. The van der Waals surface area contributed by atoms with E-state index in [0.717, 1.165) is 0 Å². The van der Waals surface area contributed by atoms with Crippen LogP contribution in [-0.2, 0) is 36.1 Å². The molecular formula is C20H25N3O7S2. The molecule has 32 heavy (non-hydrogen) atoms. The number of nitrogens with one attached hydrogen (secondary N) is 1. The molecular weight excluding hydrogens is 458 g/mol. The van der Waals surface area contributed by atoms with Crippen LogP contribution in [0.1, 0.15) is 29.8 Å². The first kappa shape index (κ1) is 25.5. The fourth-order valence-corrected chi connectivity index (χ4v) is 4.42. The summed E-state index contributed by atoms with van der Waals surface area (Å²) in [5, 5.41) is 7.55. The number of amides is 1. The van der Waals surface area contributed by atoms with E-state index in [9.17, 15) is 26.4 Å². The highest BCUT2D eigenvalue weighted by atomic mass is 32.2. The maximum atomic E-state index is 12.6. The molecule has 0 unspecified atom stereocenters. The van der Waals surface area contributed by atoms with Gasteiger partial charge < -0.3 is 10.1 Å². The predicted octanol–water partition coefficient (Wildman–Crippen LogP) is 0.836. The monoisotopic (exact) mass is 483 g/mol. The first-order valence-corrected chi connectivity index (χ1v) is 12.4. The molecule has 2 rings (SSSR count). The highest BCUT2D eigenvalue weighted by Gasteiger charge is 2.24. The summed E-state index contributed by atoms with van der Waals surface area (Å²) in [6, 6.07) is 10.7. The Hall–Kier alpha value is -2.80. The molecule has 1 amide bonds. The van der Waals surface area contributed by atoms with E-state index in [0.29, 0.717) is 5.56 Å². The average molecular weight is 484 g/mol. The van der Waals surface area contributed by atoms with Crippen LogP contribution in [0.3, 0.4) is 0 Å². The summed E-state index contributed by atoms with van der Waals surface area (Å²) in [6.45, 7) is 2.96. The number of ether oxygens (including phenoxy) is 1. The van der Waals surface area contributed by atoms with Crippen molar-refractivity contribution in [3.63, 3.8) is 0 Å². The number of sulfonamides is 2. The van der Waals surface area contributed by atoms with Gasteiger partial charge in [0.05, 0.1) is 15.4 Å². The number of primary sulfonamides is 1. The van der Waals surface area contributed by atoms with Crippen LogP contribution >= 0.6 is 0 Å². The Morgan fingerprint density at radius 2 is 1.66 bits per heavy atom. The van der Waals surface area contributed by atoms with Crippen molar-refractivity contribution in [3.8, 4) is 0 Å². The zero-order valence-electron chi connectivity index (χ0n) is 17.8. The summed E-state index contributed by atoms with van der Waals surface area (Å²) < 4.78 is 53.8. The molecule has 12 heteroatoms. The molecule has 0 atom stereocenters. The highest BCUT2D eigenvalue weighted by molar-refractivity contribution is 7.89. The van der Waals surface area contributed by atoms with E-state index in [1.54, 1.807) is 13.8 Å². The molecule has 0 aliphatic carbocycles.